The Hall–Kier alpha value is -3.60. The van der Waals surface area contributed by atoms with E-state index in [9.17, 15) is 23.2 Å². The number of H-pyrrole nitrogens is 1. The fourth-order valence-corrected chi connectivity index (χ4v) is 4.91. The Morgan fingerprint density at radius 2 is 2.03 bits per heavy atom. The van der Waals surface area contributed by atoms with Crippen LogP contribution in [0.1, 0.15) is 69.0 Å². The predicted octanol–water partition coefficient (Wildman–Crippen LogP) is 3.69. The van der Waals surface area contributed by atoms with Crippen molar-refractivity contribution in [2.75, 3.05) is 5.32 Å². The smallest absolute Gasteiger partial charge is 0.294 e. The number of hydrogen-bond acceptors (Lipinski definition) is 5. The summed E-state index contributed by atoms with van der Waals surface area (Å²) >= 11 is 6.51. The monoisotopic (exact) mass is 502 g/mol. The highest BCUT2D eigenvalue weighted by Crippen LogP contribution is 2.44. The van der Waals surface area contributed by atoms with Gasteiger partial charge in [0.05, 0.1) is 22.3 Å². The number of amides is 2. The number of halogens is 3. The van der Waals surface area contributed by atoms with Crippen LogP contribution in [-0.2, 0) is 23.3 Å². The minimum absolute atomic E-state index is 0.0602. The van der Waals surface area contributed by atoms with E-state index in [1.54, 1.807) is 11.5 Å². The molecule has 9 nitrogen and oxygen atoms in total. The van der Waals surface area contributed by atoms with E-state index >= 15 is 0 Å². The summed E-state index contributed by atoms with van der Waals surface area (Å²) in [5, 5.41) is 15.5. The van der Waals surface area contributed by atoms with E-state index in [1.165, 1.54) is 24.4 Å². The molecule has 3 heterocycles. The van der Waals surface area contributed by atoms with Crippen LogP contribution in [0.5, 0.6) is 0 Å². The van der Waals surface area contributed by atoms with Crippen LogP contribution >= 0.6 is 11.6 Å². The van der Waals surface area contributed by atoms with Gasteiger partial charge in [0, 0.05) is 23.5 Å². The normalized spacial score (nSPS) is 15.7. The van der Waals surface area contributed by atoms with Crippen LogP contribution in [0.25, 0.3) is 0 Å². The van der Waals surface area contributed by atoms with Crippen molar-refractivity contribution >= 4 is 34.9 Å². The summed E-state index contributed by atoms with van der Waals surface area (Å²) in [6.45, 7) is 1.98. The number of nitrogens with one attached hydrogen (secondary N) is 3. The Morgan fingerprint density at radius 3 is 2.69 bits per heavy atom. The van der Waals surface area contributed by atoms with E-state index in [2.05, 4.69) is 26.0 Å². The quantitative estimate of drug-likeness (QED) is 0.336. The zero-order chi connectivity index (χ0) is 24.9. The molecule has 3 aromatic rings. The van der Waals surface area contributed by atoms with Crippen LogP contribution in [0.15, 0.2) is 24.4 Å². The van der Waals surface area contributed by atoms with Gasteiger partial charge in [0.25, 0.3) is 24.0 Å². The van der Waals surface area contributed by atoms with Crippen molar-refractivity contribution in [3.8, 4) is 0 Å². The minimum atomic E-state index is -2.69. The van der Waals surface area contributed by atoms with Gasteiger partial charge in [0.15, 0.2) is 0 Å². The molecule has 1 saturated carbocycles. The fraction of sp³-hybridized carbons (Fsp3) is 0.348. The molecule has 1 aliphatic heterocycles. The molecule has 1 aliphatic carbocycles. The van der Waals surface area contributed by atoms with Crippen molar-refractivity contribution in [1.29, 1.82) is 0 Å². The maximum Gasteiger partial charge on any atom is 0.294 e. The number of aromatic amines is 1. The summed E-state index contributed by atoms with van der Waals surface area (Å²) < 4.78 is 28.1. The van der Waals surface area contributed by atoms with E-state index in [4.69, 9.17) is 11.6 Å². The van der Waals surface area contributed by atoms with Crippen LogP contribution < -0.4 is 10.6 Å². The van der Waals surface area contributed by atoms with Crippen molar-refractivity contribution in [3.63, 3.8) is 0 Å². The zero-order valence-corrected chi connectivity index (χ0v) is 19.4. The summed E-state index contributed by atoms with van der Waals surface area (Å²) in [6.07, 6.45) is 1.18. The summed E-state index contributed by atoms with van der Waals surface area (Å²) in [4.78, 5) is 39.2. The average Bonchev–Trinajstić information content (AvgIpc) is 3.18. The number of anilines is 1. The molecule has 0 atom stereocenters. The molecule has 0 saturated heterocycles. The summed E-state index contributed by atoms with van der Waals surface area (Å²) in [5.74, 6) is -2.35. The first-order valence-corrected chi connectivity index (χ1v) is 11.4. The average molecular weight is 503 g/mol. The van der Waals surface area contributed by atoms with E-state index < -0.39 is 29.6 Å². The number of fused-ring (bicyclic) bond motifs is 1. The molecular weight excluding hydrogens is 482 g/mol. The number of carbonyl (C=O) groups excluding carboxylic acids is 3. The number of nitrogens with zero attached hydrogens (tertiary/aromatic N) is 3. The van der Waals surface area contributed by atoms with Gasteiger partial charge < -0.3 is 15.2 Å². The number of Topliss-reactive ketones (excluding diaryl/α,β-unsaturated/α-hetero) is 1. The lowest BCUT2D eigenvalue weighted by molar-refractivity contribution is -0.118. The number of ketones is 1. The predicted molar refractivity (Wildman–Crippen MR) is 122 cm³/mol. The third-order valence-electron chi connectivity index (χ3n) is 6.54. The Balaban J connectivity index is 1.42. The molecule has 0 radical (unpaired) electrons. The number of rotatable bonds is 7. The highest BCUT2D eigenvalue weighted by atomic mass is 35.5. The molecule has 182 valence electrons. The van der Waals surface area contributed by atoms with Gasteiger partial charge in [-0.25, -0.2) is 8.78 Å². The molecule has 2 aliphatic rings. The second-order valence-electron chi connectivity index (χ2n) is 8.79. The summed E-state index contributed by atoms with van der Waals surface area (Å²) in [5.41, 5.74) is 0.712. The number of alkyl halides is 2. The number of aromatic nitrogens is 4. The summed E-state index contributed by atoms with van der Waals surface area (Å²) in [7, 11) is 0. The van der Waals surface area contributed by atoms with Crippen LogP contribution in [0.2, 0.25) is 5.02 Å². The minimum Gasteiger partial charge on any atom is -0.340 e. The lowest BCUT2D eigenvalue weighted by Gasteiger charge is -2.14. The van der Waals surface area contributed by atoms with Crippen LogP contribution in [0, 0.1) is 6.92 Å². The molecule has 2 amide bonds. The maximum absolute atomic E-state index is 13.3. The van der Waals surface area contributed by atoms with Gasteiger partial charge in [-0.05, 0) is 50.3 Å². The second-order valence-corrected chi connectivity index (χ2v) is 9.16. The van der Waals surface area contributed by atoms with Crippen LogP contribution in [0.3, 0.4) is 0 Å². The molecule has 0 bridgehead atoms. The zero-order valence-electron chi connectivity index (χ0n) is 18.6. The van der Waals surface area contributed by atoms with Crippen LogP contribution in [-0.4, -0.2) is 37.6 Å². The lowest BCUT2D eigenvalue weighted by Crippen LogP contribution is -2.40. The number of benzene rings is 1. The third-order valence-corrected chi connectivity index (χ3v) is 6.90. The van der Waals surface area contributed by atoms with Crippen molar-refractivity contribution < 1.29 is 23.2 Å². The van der Waals surface area contributed by atoms with E-state index in [1.807, 2.05) is 0 Å². The van der Waals surface area contributed by atoms with Gasteiger partial charge in [0.1, 0.15) is 11.4 Å². The van der Waals surface area contributed by atoms with Crippen molar-refractivity contribution in [2.45, 2.75) is 51.1 Å². The van der Waals surface area contributed by atoms with Gasteiger partial charge in [-0.1, -0.05) is 17.7 Å². The molecule has 5 rings (SSSR count). The van der Waals surface area contributed by atoms with Crippen molar-refractivity contribution in [2.24, 2.45) is 0 Å². The van der Waals surface area contributed by atoms with E-state index in [0.717, 1.165) is 0 Å². The highest BCUT2D eigenvalue weighted by Gasteiger charge is 2.49. The van der Waals surface area contributed by atoms with Gasteiger partial charge >= 0.3 is 0 Å². The van der Waals surface area contributed by atoms with E-state index in [-0.39, 0.29) is 27.5 Å². The van der Waals surface area contributed by atoms with Gasteiger partial charge in [0.2, 0.25) is 0 Å². The molecule has 2 aromatic heterocycles. The van der Waals surface area contributed by atoms with Crippen molar-refractivity contribution in [1.82, 2.24) is 25.3 Å². The highest BCUT2D eigenvalue weighted by molar-refractivity contribution is 6.48. The Bertz CT molecular complexity index is 1350. The maximum atomic E-state index is 13.3. The van der Waals surface area contributed by atoms with Gasteiger partial charge in [-0.15, -0.1) is 0 Å². The number of carbonyl (C=O) groups is 3. The third kappa shape index (κ3) is 3.99. The Morgan fingerprint density at radius 1 is 1.26 bits per heavy atom. The number of aryl methyl sites for hydroxylation is 1. The number of hydrogen-bond donors (Lipinski definition) is 3. The molecular formula is C23H21ClF2N6O3. The first-order chi connectivity index (χ1) is 16.7. The lowest BCUT2D eigenvalue weighted by atomic mass is 10.1. The molecule has 12 heteroatoms. The standard InChI is InChI=1S/C23H21ClF2N6O3/c1-11-4-5-12(9-13(11)20(25)26)28-21(34)16-14-3-2-8-32(14)18(17(16)24)19(33)22(35)29-23(6-7-23)15-10-27-31-30-15/h4-5,9-10,20H,2-3,6-8H2,1H3,(H,28,34)(H,29,35)(H,27,30,31). The van der Waals surface area contributed by atoms with Gasteiger partial charge in [-0.3, -0.25) is 14.4 Å². The Kier molecular flexibility index (Phi) is 5.66. The fourth-order valence-electron chi connectivity index (χ4n) is 4.53. The first kappa shape index (κ1) is 23.2. The molecule has 1 aromatic carbocycles. The largest absolute Gasteiger partial charge is 0.340 e. The molecule has 0 spiro atoms. The topological polar surface area (TPSA) is 122 Å². The first-order valence-electron chi connectivity index (χ1n) is 11.1. The SMILES string of the molecule is Cc1ccc(NC(=O)c2c(Cl)c(C(=O)C(=O)NC3(c4cn[nH]n4)CC3)n3c2CCC3)cc1C(F)F. The molecule has 3 N–H and O–H groups in total. The van der Waals surface area contributed by atoms with E-state index in [0.29, 0.717) is 49.2 Å². The second kappa shape index (κ2) is 8.56. The summed E-state index contributed by atoms with van der Waals surface area (Å²) in [6, 6.07) is 4.22. The van der Waals surface area contributed by atoms with Gasteiger partial charge in [-0.2, -0.15) is 15.4 Å². The van der Waals surface area contributed by atoms with Crippen LogP contribution in [0.4, 0.5) is 14.5 Å². The van der Waals surface area contributed by atoms with Crippen molar-refractivity contribution in [3.05, 3.63) is 63.2 Å². The molecule has 35 heavy (non-hydrogen) atoms. The Labute approximate surface area is 203 Å². The molecule has 0 unspecified atom stereocenters. The molecule has 1 fully saturated rings.